The number of nitrogens with zero attached hydrogens (tertiary/aromatic N) is 3. The van der Waals surface area contributed by atoms with E-state index in [4.69, 9.17) is 20.5 Å². The monoisotopic (exact) mass is 280 g/mol. The first-order valence-electron chi connectivity index (χ1n) is 6.04. The number of hydrogen-bond donors (Lipinski definition) is 1. The van der Waals surface area contributed by atoms with E-state index < -0.39 is 5.97 Å². The fraction of sp³-hybridized carbons (Fsp3) is 0.200. The van der Waals surface area contributed by atoms with Crippen molar-refractivity contribution in [3.8, 4) is 18.2 Å². The number of rotatable bonds is 4. The molecule has 0 bridgehead atoms. The van der Waals surface area contributed by atoms with Gasteiger partial charge in [-0.1, -0.05) is 0 Å². The Morgan fingerprint density at radius 1 is 1.10 bits per heavy atom. The first kappa shape index (κ1) is 15.8. The van der Waals surface area contributed by atoms with Gasteiger partial charge in [-0.15, -0.1) is 0 Å². The molecule has 6 nitrogen and oxygen atoms in total. The van der Waals surface area contributed by atoms with Gasteiger partial charge in [0.15, 0.2) is 5.57 Å². The molecule has 0 aliphatic carbocycles. The Bertz CT molecular complexity index is 666. The number of nitrogens with one attached hydrogen (secondary N) is 1. The smallest absolute Gasteiger partial charge is 0.338 e. The molecular weight excluding hydrogens is 268 g/mol. The number of anilines is 1. The fourth-order valence-electron chi connectivity index (χ4n) is 1.40. The van der Waals surface area contributed by atoms with E-state index in [1.807, 2.05) is 0 Å². The van der Waals surface area contributed by atoms with Gasteiger partial charge in [0.25, 0.3) is 0 Å². The number of allylic oxidation sites excluding steroid dienone is 2. The van der Waals surface area contributed by atoms with Crippen molar-refractivity contribution < 1.29 is 9.53 Å². The molecule has 0 aliphatic heterocycles. The van der Waals surface area contributed by atoms with Crippen molar-refractivity contribution in [2.45, 2.75) is 20.0 Å². The van der Waals surface area contributed by atoms with Crippen LogP contribution < -0.4 is 5.32 Å². The molecule has 0 aromatic heterocycles. The lowest BCUT2D eigenvalue weighted by Crippen LogP contribution is -2.11. The third kappa shape index (κ3) is 4.38. The molecule has 0 aliphatic rings. The van der Waals surface area contributed by atoms with Crippen LogP contribution in [0.2, 0.25) is 0 Å². The lowest BCUT2D eigenvalue weighted by molar-refractivity contribution is 0.0378. The number of hydrogen-bond acceptors (Lipinski definition) is 6. The average molecular weight is 280 g/mol. The van der Waals surface area contributed by atoms with Crippen LogP contribution >= 0.6 is 0 Å². The van der Waals surface area contributed by atoms with Crippen LogP contribution in [0.25, 0.3) is 0 Å². The molecule has 1 aromatic carbocycles. The van der Waals surface area contributed by atoms with Gasteiger partial charge in [-0.05, 0) is 38.1 Å². The van der Waals surface area contributed by atoms with Crippen molar-refractivity contribution in [2.75, 3.05) is 5.32 Å². The van der Waals surface area contributed by atoms with Gasteiger partial charge in [0.05, 0.1) is 11.7 Å². The Hall–Kier alpha value is -3.30. The molecule has 21 heavy (non-hydrogen) atoms. The molecule has 0 spiro atoms. The lowest BCUT2D eigenvalue weighted by atomic mass is 10.2. The Morgan fingerprint density at radius 3 is 2.10 bits per heavy atom. The van der Waals surface area contributed by atoms with Gasteiger partial charge in [-0.25, -0.2) is 4.79 Å². The van der Waals surface area contributed by atoms with Gasteiger partial charge in [0.2, 0.25) is 0 Å². The van der Waals surface area contributed by atoms with Gasteiger partial charge in [0.1, 0.15) is 23.9 Å². The summed E-state index contributed by atoms with van der Waals surface area (Å²) >= 11 is 0. The molecule has 0 saturated heterocycles. The van der Waals surface area contributed by atoms with Crippen LogP contribution in [0, 0.1) is 34.0 Å². The number of benzene rings is 1. The maximum absolute atomic E-state index is 11.7. The minimum Gasteiger partial charge on any atom is -0.459 e. The minimum atomic E-state index is -0.442. The van der Waals surface area contributed by atoms with E-state index in [0.717, 1.165) is 0 Å². The highest BCUT2D eigenvalue weighted by Gasteiger charge is 2.10. The predicted molar refractivity (Wildman–Crippen MR) is 74.5 cm³/mol. The van der Waals surface area contributed by atoms with E-state index in [2.05, 4.69) is 5.32 Å². The normalized spacial score (nSPS) is 8.95. The number of carbonyl (C=O) groups excluding carboxylic acids is 1. The second-order valence-corrected chi connectivity index (χ2v) is 4.24. The Balaban J connectivity index is 2.93. The summed E-state index contributed by atoms with van der Waals surface area (Å²) in [6.07, 6.45) is -0.211. The summed E-state index contributed by atoms with van der Waals surface area (Å²) in [5.41, 5.74) is 0.409. The second kappa shape index (κ2) is 7.33. The van der Waals surface area contributed by atoms with Crippen LogP contribution in [0.4, 0.5) is 5.69 Å². The molecule has 0 fully saturated rings. The third-order valence-electron chi connectivity index (χ3n) is 2.32. The van der Waals surface area contributed by atoms with Gasteiger partial charge in [-0.2, -0.15) is 15.8 Å². The number of carbonyl (C=O) groups is 1. The van der Waals surface area contributed by atoms with Crippen LogP contribution in [0.3, 0.4) is 0 Å². The zero-order valence-electron chi connectivity index (χ0n) is 11.5. The molecule has 0 amide bonds. The van der Waals surface area contributed by atoms with Gasteiger partial charge >= 0.3 is 5.97 Å². The molecule has 0 radical (unpaired) electrons. The Morgan fingerprint density at radius 2 is 1.67 bits per heavy atom. The molecule has 1 N–H and O–H groups in total. The summed E-state index contributed by atoms with van der Waals surface area (Å²) in [6, 6.07) is 11.2. The van der Waals surface area contributed by atoms with Crippen molar-refractivity contribution in [3.63, 3.8) is 0 Å². The summed E-state index contributed by atoms with van der Waals surface area (Å²) in [6.45, 7) is 3.51. The lowest BCUT2D eigenvalue weighted by Gasteiger charge is -2.09. The summed E-state index contributed by atoms with van der Waals surface area (Å²) in [5, 5.41) is 29.0. The highest BCUT2D eigenvalue weighted by molar-refractivity contribution is 5.90. The highest BCUT2D eigenvalue weighted by atomic mass is 16.5. The van der Waals surface area contributed by atoms with Crippen LogP contribution in [-0.4, -0.2) is 12.1 Å². The molecule has 0 saturated carbocycles. The zero-order valence-corrected chi connectivity index (χ0v) is 11.5. The zero-order chi connectivity index (χ0) is 15.8. The summed E-state index contributed by atoms with van der Waals surface area (Å²) in [7, 11) is 0. The minimum absolute atomic E-state index is 0.141. The Kier molecular flexibility index (Phi) is 5.50. The molecule has 1 rings (SSSR count). The summed E-state index contributed by atoms with van der Waals surface area (Å²) in [4.78, 5) is 11.7. The Labute approximate surface area is 122 Å². The van der Waals surface area contributed by atoms with Crippen molar-refractivity contribution in [2.24, 2.45) is 0 Å². The van der Waals surface area contributed by atoms with E-state index in [9.17, 15) is 4.79 Å². The molecule has 0 heterocycles. The van der Waals surface area contributed by atoms with Crippen LogP contribution in [-0.2, 0) is 4.74 Å². The van der Waals surface area contributed by atoms with E-state index in [1.54, 1.807) is 44.2 Å². The standard InChI is InChI=1S/C15H12N4O2/c1-10(2)21-15(20)11-3-5-13(6-4-11)19-14(9-18)12(7-16)8-17/h3-6,10,19H,1-2H3. The first-order valence-corrected chi connectivity index (χ1v) is 6.04. The van der Waals surface area contributed by atoms with Gasteiger partial charge in [-0.3, -0.25) is 0 Å². The summed E-state index contributed by atoms with van der Waals surface area (Å²) < 4.78 is 5.04. The average Bonchev–Trinajstić information content (AvgIpc) is 2.47. The third-order valence-corrected chi connectivity index (χ3v) is 2.32. The topological polar surface area (TPSA) is 110 Å². The second-order valence-electron chi connectivity index (χ2n) is 4.24. The molecular formula is C15H12N4O2. The summed E-state index contributed by atoms with van der Waals surface area (Å²) in [5.74, 6) is -0.442. The largest absolute Gasteiger partial charge is 0.459 e. The quantitative estimate of drug-likeness (QED) is 0.670. The van der Waals surface area contributed by atoms with Crippen molar-refractivity contribution in [1.29, 1.82) is 15.8 Å². The highest BCUT2D eigenvalue weighted by Crippen LogP contribution is 2.14. The molecule has 0 unspecified atom stereocenters. The molecule has 1 aromatic rings. The molecule has 104 valence electrons. The maximum Gasteiger partial charge on any atom is 0.338 e. The van der Waals surface area contributed by atoms with Crippen molar-refractivity contribution in [3.05, 3.63) is 41.1 Å². The van der Waals surface area contributed by atoms with Crippen molar-refractivity contribution in [1.82, 2.24) is 0 Å². The fourth-order valence-corrected chi connectivity index (χ4v) is 1.40. The number of ether oxygens (including phenoxy) is 1. The predicted octanol–water partition coefficient (Wildman–Crippen LogP) is 2.49. The molecule has 6 heteroatoms. The first-order chi connectivity index (χ1) is 10.0. The van der Waals surface area contributed by atoms with Crippen molar-refractivity contribution >= 4 is 11.7 Å². The van der Waals surface area contributed by atoms with E-state index in [0.29, 0.717) is 11.3 Å². The van der Waals surface area contributed by atoms with E-state index in [-0.39, 0.29) is 17.4 Å². The maximum atomic E-state index is 11.7. The molecule has 0 atom stereocenters. The number of esters is 1. The van der Waals surface area contributed by atoms with Crippen LogP contribution in [0.1, 0.15) is 24.2 Å². The van der Waals surface area contributed by atoms with Crippen LogP contribution in [0.5, 0.6) is 0 Å². The van der Waals surface area contributed by atoms with E-state index >= 15 is 0 Å². The van der Waals surface area contributed by atoms with Gasteiger partial charge < -0.3 is 10.1 Å². The van der Waals surface area contributed by atoms with Gasteiger partial charge in [0, 0.05) is 5.69 Å². The van der Waals surface area contributed by atoms with E-state index in [1.165, 1.54) is 12.1 Å². The SMILES string of the molecule is CC(C)OC(=O)c1ccc(NC(C#N)=C(C#N)C#N)cc1. The van der Waals surface area contributed by atoms with Crippen LogP contribution in [0.15, 0.2) is 35.5 Å². The number of nitriles is 3.